The number of benzene rings is 2. The van der Waals surface area contributed by atoms with E-state index in [0.717, 1.165) is 17.1 Å². The Kier molecular flexibility index (Phi) is 2.46. The van der Waals surface area contributed by atoms with Crippen LogP contribution in [0.2, 0.25) is 0 Å². The number of carbonyl (C=O) groups excluding carboxylic acids is 1. The molecule has 0 radical (unpaired) electrons. The first kappa shape index (κ1) is 9.40. The Labute approximate surface area is 87.2 Å². The molecule has 0 aromatic heterocycles. The van der Waals surface area contributed by atoms with Crippen LogP contribution in [0, 0.1) is 0 Å². The van der Waals surface area contributed by atoms with E-state index >= 15 is 0 Å². The van der Waals surface area contributed by atoms with Crippen molar-refractivity contribution < 1.29 is 4.79 Å². The minimum Gasteiger partial charge on any atom is -0.390 e. The Bertz CT molecular complexity index is 532. The van der Waals surface area contributed by atoms with E-state index in [1.54, 1.807) is 6.07 Å². The van der Waals surface area contributed by atoms with Crippen molar-refractivity contribution in [2.24, 2.45) is 10.7 Å². The Balaban J connectivity index is 2.51. The van der Waals surface area contributed by atoms with Crippen LogP contribution in [-0.2, 0) is 0 Å². The molecule has 2 aromatic carbocycles. The molecule has 2 aromatic rings. The Morgan fingerprint density at radius 1 is 1.13 bits per heavy atom. The van der Waals surface area contributed by atoms with Crippen LogP contribution in [-0.4, -0.2) is 12.2 Å². The van der Waals surface area contributed by atoms with Crippen molar-refractivity contribution in [3.63, 3.8) is 0 Å². The van der Waals surface area contributed by atoms with Gasteiger partial charge in [-0.05, 0) is 22.9 Å². The maximum atomic E-state index is 11.4. The number of nitrogens with zero attached hydrogens (tertiary/aromatic N) is 1. The minimum atomic E-state index is -0.316. The summed E-state index contributed by atoms with van der Waals surface area (Å²) >= 11 is 0. The highest BCUT2D eigenvalue weighted by atomic mass is 16.1. The molecule has 0 aliphatic carbocycles. The molecule has 3 heteroatoms. The predicted octanol–water partition coefficient (Wildman–Crippen LogP) is 1.97. The van der Waals surface area contributed by atoms with Crippen molar-refractivity contribution in [1.29, 1.82) is 0 Å². The van der Waals surface area contributed by atoms with Gasteiger partial charge in [0.2, 0.25) is 0 Å². The third-order valence-corrected chi connectivity index (χ3v) is 2.19. The van der Waals surface area contributed by atoms with Gasteiger partial charge in [0, 0.05) is 5.56 Å². The summed E-state index contributed by atoms with van der Waals surface area (Å²) in [5.41, 5.74) is 5.62. The molecule has 0 bridgehead atoms. The Morgan fingerprint density at radius 2 is 1.87 bits per heavy atom. The minimum absolute atomic E-state index is 0.316. The monoisotopic (exact) mass is 198 g/mol. The van der Waals surface area contributed by atoms with E-state index in [2.05, 4.69) is 4.99 Å². The summed E-state index contributed by atoms with van der Waals surface area (Å²) in [7, 11) is 0. The van der Waals surface area contributed by atoms with Crippen LogP contribution < -0.4 is 5.73 Å². The smallest absolute Gasteiger partial charge is 0.278 e. The zero-order valence-corrected chi connectivity index (χ0v) is 8.05. The van der Waals surface area contributed by atoms with Crippen LogP contribution in [0.3, 0.4) is 0 Å². The fraction of sp³-hybridized carbons (Fsp3) is 0. The van der Waals surface area contributed by atoms with E-state index in [9.17, 15) is 4.79 Å². The first-order chi connectivity index (χ1) is 7.31. The van der Waals surface area contributed by atoms with Crippen LogP contribution in [0.15, 0.2) is 47.5 Å². The summed E-state index contributed by atoms with van der Waals surface area (Å²) in [5, 5.41) is 2.13. The largest absolute Gasteiger partial charge is 0.390 e. The lowest BCUT2D eigenvalue weighted by Gasteiger charge is -1.99. The van der Waals surface area contributed by atoms with Crippen molar-refractivity contribution in [3.8, 4) is 0 Å². The summed E-state index contributed by atoms with van der Waals surface area (Å²) in [6, 6.07) is 13.3. The third kappa shape index (κ3) is 1.86. The van der Waals surface area contributed by atoms with E-state index in [0.29, 0.717) is 5.56 Å². The molecule has 15 heavy (non-hydrogen) atoms. The average molecular weight is 198 g/mol. The maximum absolute atomic E-state index is 11.4. The van der Waals surface area contributed by atoms with Gasteiger partial charge in [0.05, 0.1) is 6.34 Å². The first-order valence-electron chi connectivity index (χ1n) is 4.58. The summed E-state index contributed by atoms with van der Waals surface area (Å²) in [4.78, 5) is 14.9. The van der Waals surface area contributed by atoms with Crippen molar-refractivity contribution in [2.75, 3.05) is 0 Å². The predicted molar refractivity (Wildman–Crippen MR) is 61.0 cm³/mol. The van der Waals surface area contributed by atoms with Gasteiger partial charge in [-0.1, -0.05) is 30.3 Å². The van der Waals surface area contributed by atoms with Gasteiger partial charge >= 0.3 is 0 Å². The maximum Gasteiger partial charge on any atom is 0.278 e. The molecule has 0 atom stereocenters. The Morgan fingerprint density at radius 3 is 2.60 bits per heavy atom. The molecular weight excluding hydrogens is 188 g/mol. The summed E-state index contributed by atoms with van der Waals surface area (Å²) < 4.78 is 0. The molecule has 0 saturated carbocycles. The van der Waals surface area contributed by atoms with Crippen LogP contribution in [0.25, 0.3) is 10.8 Å². The lowest BCUT2D eigenvalue weighted by molar-refractivity contribution is 0.100. The second-order valence-corrected chi connectivity index (χ2v) is 3.15. The van der Waals surface area contributed by atoms with Crippen LogP contribution in [0.5, 0.6) is 0 Å². The number of hydrogen-bond donors (Lipinski definition) is 1. The van der Waals surface area contributed by atoms with Gasteiger partial charge < -0.3 is 5.73 Å². The van der Waals surface area contributed by atoms with Gasteiger partial charge in [0.25, 0.3) is 5.91 Å². The van der Waals surface area contributed by atoms with Gasteiger partial charge in [0.15, 0.2) is 0 Å². The van der Waals surface area contributed by atoms with E-state index in [1.807, 2.05) is 36.4 Å². The number of rotatable bonds is 1. The number of fused-ring (bicyclic) bond motifs is 1. The molecular formula is C12H10N2O. The van der Waals surface area contributed by atoms with Gasteiger partial charge in [-0.25, -0.2) is 0 Å². The van der Waals surface area contributed by atoms with Crippen molar-refractivity contribution in [2.45, 2.75) is 0 Å². The molecule has 0 spiro atoms. The quantitative estimate of drug-likeness (QED) is 0.562. The molecule has 3 nitrogen and oxygen atoms in total. The molecule has 0 heterocycles. The lowest BCUT2D eigenvalue weighted by atomic mass is 10.1. The normalized spacial score (nSPS) is 10.9. The summed E-state index contributed by atoms with van der Waals surface area (Å²) in [6.07, 6.45) is 1.01. The number of carbonyl (C=O) groups is 1. The number of amides is 1. The van der Waals surface area contributed by atoms with Crippen molar-refractivity contribution in [3.05, 3.63) is 48.0 Å². The lowest BCUT2D eigenvalue weighted by Crippen LogP contribution is -1.98. The average Bonchev–Trinajstić information content (AvgIpc) is 2.29. The molecule has 0 aliphatic rings. The number of nitrogens with two attached hydrogens (primary N) is 1. The third-order valence-electron chi connectivity index (χ3n) is 2.19. The first-order valence-corrected chi connectivity index (χ1v) is 4.58. The Hall–Kier alpha value is -2.16. The van der Waals surface area contributed by atoms with Crippen molar-refractivity contribution in [1.82, 2.24) is 0 Å². The molecule has 0 aliphatic heterocycles. The molecule has 2 N–H and O–H groups in total. The van der Waals surface area contributed by atoms with E-state index < -0.39 is 0 Å². The van der Waals surface area contributed by atoms with Crippen LogP contribution in [0.4, 0.5) is 0 Å². The number of aliphatic imine (C=N–C) groups is 1. The molecule has 0 saturated heterocycles. The van der Waals surface area contributed by atoms with E-state index in [4.69, 9.17) is 5.73 Å². The van der Waals surface area contributed by atoms with E-state index in [-0.39, 0.29) is 5.91 Å². The zero-order valence-electron chi connectivity index (χ0n) is 8.05. The molecule has 0 unspecified atom stereocenters. The fourth-order valence-corrected chi connectivity index (χ4v) is 1.46. The standard InChI is InChI=1S/C12H10N2O/c13-8-14-12(15)11-6-5-9-3-1-2-4-10(9)7-11/h1-8H,(H2,13,14,15). The summed E-state index contributed by atoms with van der Waals surface area (Å²) in [5.74, 6) is -0.316. The SMILES string of the molecule is NC=NC(=O)c1ccc2ccccc2c1. The van der Waals surface area contributed by atoms with Crippen LogP contribution >= 0.6 is 0 Å². The zero-order chi connectivity index (χ0) is 10.7. The highest BCUT2D eigenvalue weighted by molar-refractivity contribution is 6.01. The fourth-order valence-electron chi connectivity index (χ4n) is 1.46. The van der Waals surface area contributed by atoms with Gasteiger partial charge in [-0.3, -0.25) is 4.79 Å². The second-order valence-electron chi connectivity index (χ2n) is 3.15. The van der Waals surface area contributed by atoms with E-state index in [1.165, 1.54) is 0 Å². The van der Waals surface area contributed by atoms with Gasteiger partial charge in [-0.2, -0.15) is 4.99 Å². The topological polar surface area (TPSA) is 55.4 Å². The molecule has 1 amide bonds. The highest BCUT2D eigenvalue weighted by Gasteiger charge is 2.03. The number of hydrogen-bond acceptors (Lipinski definition) is 1. The van der Waals surface area contributed by atoms with Crippen molar-refractivity contribution >= 4 is 23.0 Å². The van der Waals surface area contributed by atoms with Crippen LogP contribution in [0.1, 0.15) is 10.4 Å². The molecule has 74 valence electrons. The molecule has 0 fully saturated rings. The second kappa shape index (κ2) is 3.92. The summed E-state index contributed by atoms with van der Waals surface area (Å²) in [6.45, 7) is 0. The van der Waals surface area contributed by atoms with Gasteiger partial charge in [-0.15, -0.1) is 0 Å². The highest BCUT2D eigenvalue weighted by Crippen LogP contribution is 2.15. The molecule has 2 rings (SSSR count). The van der Waals surface area contributed by atoms with Gasteiger partial charge in [0.1, 0.15) is 0 Å².